The molecule has 0 aromatic rings. The van der Waals surface area contributed by atoms with Crippen LogP contribution in [0, 0.1) is 0 Å². The van der Waals surface area contributed by atoms with Gasteiger partial charge in [-0.1, -0.05) is 20.3 Å². The van der Waals surface area contributed by atoms with E-state index in [1.54, 1.807) is 0 Å². The van der Waals surface area contributed by atoms with Gasteiger partial charge in [0.1, 0.15) is 67.3 Å². The lowest BCUT2D eigenvalue weighted by Crippen LogP contribution is -2.68. The van der Waals surface area contributed by atoms with Crippen molar-refractivity contribution < 1.29 is 69.3 Å². The minimum absolute atomic E-state index is 0.102. The van der Waals surface area contributed by atoms with E-state index in [1.165, 1.54) is 0 Å². The molecule has 0 aromatic carbocycles. The van der Waals surface area contributed by atoms with Crippen LogP contribution in [-0.4, -0.2) is 244 Å². The molecule has 0 amide bonds. The Morgan fingerprint density at radius 1 is 0.565 bits per heavy atom. The molecular weight excluding hydrogens is 820 g/mol. The summed E-state index contributed by atoms with van der Waals surface area (Å²) in [5.41, 5.74) is 48.7. The molecule has 0 unspecified atom stereocenters. The van der Waals surface area contributed by atoms with Crippen LogP contribution in [0.1, 0.15) is 46.0 Å². The fourth-order valence-corrected chi connectivity index (χ4v) is 8.73. The van der Waals surface area contributed by atoms with Gasteiger partial charge >= 0.3 is 0 Å². The van der Waals surface area contributed by atoms with Gasteiger partial charge < -0.3 is 120 Å². The standard InChI is InChI=1S/C38H80N10O14/c1-3-47(14-17(49)15-57-35-27(51)18(41)10-20(43)33(35)61-37-25(45)31(55)29(53)22(12-39)59-37)8-6-5-7-9-48(4-2)24(50)16-58-36-28(52)19(42)11-21(44)34(36)62-38-26(46)32(56)30(54)23(13-40)60-38/h17-38,49-56H,3-16,39-46H2,1-2H3/t17-,18-,19-,20+,21+,22-,23-,24+,25-,26-,27+,28+,29-,30-,31-,32-,33-,34-,35-,36-,37-,38-/m1/s1. The molecule has 24 heteroatoms. The average Bonchev–Trinajstić information content (AvgIpc) is 3.24. The molecular formula is C38H80N10O14. The molecule has 24 N–H and O–H groups in total. The number of ether oxygens (including phenoxy) is 6. The first kappa shape index (κ1) is 53.7. The normalized spacial score (nSPS) is 43.0. The number of nitrogens with zero attached hydrogens (tertiary/aromatic N) is 2. The van der Waals surface area contributed by atoms with Crippen molar-refractivity contribution in [3.8, 4) is 0 Å². The maximum atomic E-state index is 11.1. The Labute approximate surface area is 363 Å². The third-order valence-corrected chi connectivity index (χ3v) is 12.8. The zero-order valence-corrected chi connectivity index (χ0v) is 36.1. The second kappa shape index (κ2) is 25.3. The summed E-state index contributed by atoms with van der Waals surface area (Å²) in [6, 6.07) is -5.15. The second-order valence-corrected chi connectivity index (χ2v) is 17.3. The van der Waals surface area contributed by atoms with Crippen molar-refractivity contribution in [1.82, 2.24) is 9.80 Å². The fraction of sp³-hybridized carbons (Fsp3) is 1.00. The quantitative estimate of drug-likeness (QED) is 0.0334. The van der Waals surface area contributed by atoms with Gasteiger partial charge in [0.2, 0.25) is 0 Å². The predicted octanol–water partition coefficient (Wildman–Crippen LogP) is -8.68. The molecule has 2 heterocycles. The van der Waals surface area contributed by atoms with Gasteiger partial charge in [-0.25, -0.2) is 0 Å². The highest BCUT2D eigenvalue weighted by molar-refractivity contribution is 5.02. The molecule has 4 fully saturated rings. The first-order valence-corrected chi connectivity index (χ1v) is 22.1. The van der Waals surface area contributed by atoms with Gasteiger partial charge in [0.05, 0.1) is 43.6 Å². The highest BCUT2D eigenvalue weighted by Gasteiger charge is 2.51. The smallest absolute Gasteiger partial charge is 0.176 e. The van der Waals surface area contributed by atoms with E-state index >= 15 is 0 Å². The molecule has 0 radical (unpaired) electrons. The van der Waals surface area contributed by atoms with E-state index in [4.69, 9.17) is 74.3 Å². The Hall–Kier alpha value is -0.960. The van der Waals surface area contributed by atoms with E-state index in [-0.39, 0.29) is 45.7 Å². The van der Waals surface area contributed by atoms with Crippen molar-refractivity contribution in [1.29, 1.82) is 0 Å². The Kier molecular flexibility index (Phi) is 21.9. The van der Waals surface area contributed by atoms with Gasteiger partial charge in [-0.05, 0) is 45.3 Å². The molecule has 0 aromatic heterocycles. The topological polar surface area (TPSA) is 432 Å². The lowest BCUT2D eigenvalue weighted by atomic mass is 9.84. The lowest BCUT2D eigenvalue weighted by Gasteiger charge is -2.47. The van der Waals surface area contributed by atoms with E-state index < -0.39 is 134 Å². The number of unbranched alkanes of at least 4 members (excludes halogenated alkanes) is 2. The Morgan fingerprint density at radius 2 is 1.02 bits per heavy atom. The summed E-state index contributed by atoms with van der Waals surface area (Å²) in [6.07, 6.45) is -15.4. The van der Waals surface area contributed by atoms with E-state index in [1.807, 2.05) is 18.7 Å². The molecule has 0 bridgehead atoms. The molecule has 2 saturated heterocycles. The molecule has 2 aliphatic heterocycles. The van der Waals surface area contributed by atoms with Crippen LogP contribution < -0.4 is 45.9 Å². The fourth-order valence-electron chi connectivity index (χ4n) is 8.73. The highest BCUT2D eigenvalue weighted by atomic mass is 16.7. The van der Waals surface area contributed by atoms with Crippen LogP contribution in [0.2, 0.25) is 0 Å². The van der Waals surface area contributed by atoms with Crippen LogP contribution in [0.3, 0.4) is 0 Å². The van der Waals surface area contributed by atoms with Crippen LogP contribution in [-0.2, 0) is 28.4 Å². The zero-order valence-electron chi connectivity index (χ0n) is 36.1. The summed E-state index contributed by atoms with van der Waals surface area (Å²) in [7, 11) is 0. The van der Waals surface area contributed by atoms with Gasteiger partial charge in [-0.3, -0.25) is 4.90 Å². The summed E-state index contributed by atoms with van der Waals surface area (Å²) in [6.45, 7) is 5.95. The van der Waals surface area contributed by atoms with E-state index in [0.29, 0.717) is 26.2 Å². The third kappa shape index (κ3) is 13.6. The molecule has 4 aliphatic rings. The van der Waals surface area contributed by atoms with Crippen molar-refractivity contribution in [2.24, 2.45) is 45.9 Å². The Morgan fingerprint density at radius 3 is 1.45 bits per heavy atom. The number of aliphatic hydroxyl groups is 8. The van der Waals surface area contributed by atoms with E-state index in [9.17, 15) is 40.9 Å². The van der Waals surface area contributed by atoms with Crippen LogP contribution in [0.25, 0.3) is 0 Å². The first-order valence-electron chi connectivity index (χ1n) is 22.1. The average molecular weight is 901 g/mol. The molecule has 0 spiro atoms. The number of nitrogens with two attached hydrogens (primary N) is 8. The summed E-state index contributed by atoms with van der Waals surface area (Å²) in [4.78, 5) is 3.90. The highest BCUT2D eigenvalue weighted by Crippen LogP contribution is 2.31. The van der Waals surface area contributed by atoms with Crippen LogP contribution in [0.5, 0.6) is 0 Å². The Balaban J connectivity index is 1.22. The van der Waals surface area contributed by atoms with E-state index in [2.05, 4.69) is 4.90 Å². The Bertz CT molecular complexity index is 1280. The van der Waals surface area contributed by atoms with Gasteiger partial charge in [0, 0.05) is 50.3 Å². The molecule has 2 saturated carbocycles. The minimum atomic E-state index is -1.38. The van der Waals surface area contributed by atoms with Crippen LogP contribution in [0.4, 0.5) is 0 Å². The molecule has 22 atom stereocenters. The van der Waals surface area contributed by atoms with Crippen LogP contribution in [0.15, 0.2) is 0 Å². The predicted molar refractivity (Wildman–Crippen MR) is 223 cm³/mol. The lowest BCUT2D eigenvalue weighted by molar-refractivity contribution is -0.292. The molecule has 366 valence electrons. The summed E-state index contributed by atoms with van der Waals surface area (Å²) in [5.74, 6) is 0. The van der Waals surface area contributed by atoms with Gasteiger partial charge in [-0.2, -0.15) is 0 Å². The van der Waals surface area contributed by atoms with Crippen molar-refractivity contribution in [3.63, 3.8) is 0 Å². The maximum absolute atomic E-state index is 11.1. The van der Waals surface area contributed by atoms with Gasteiger partial charge in [0.15, 0.2) is 12.6 Å². The molecule has 24 nitrogen and oxygen atoms in total. The number of aliphatic hydroxyl groups excluding tert-OH is 8. The second-order valence-electron chi connectivity index (χ2n) is 17.3. The van der Waals surface area contributed by atoms with Crippen LogP contribution >= 0.6 is 0 Å². The van der Waals surface area contributed by atoms with Crippen molar-refractivity contribution in [3.05, 3.63) is 0 Å². The minimum Gasteiger partial charge on any atom is -0.389 e. The molecule has 62 heavy (non-hydrogen) atoms. The SMILES string of the molecule is CCN(CCCCCN(CC)[C@@H](O)CO[C@@H]1[C@@H](O)[C@H](N)C[C@H](N)[C@H]1O[C@H]1O[C@H](CN)[C@@H](O)[C@H](O)[C@H]1N)C[C@@H](O)CO[C@@H]1[C@@H](O)[C@H](N)C[C@H](N)[C@H]1O[C@H]1O[C@H](CN)[C@@H](O)[C@H](O)[C@H]1N. The summed E-state index contributed by atoms with van der Waals surface area (Å²) < 4.78 is 35.7. The van der Waals surface area contributed by atoms with Gasteiger partial charge in [0.25, 0.3) is 0 Å². The first-order chi connectivity index (χ1) is 29.4. The number of hydrogen-bond donors (Lipinski definition) is 16. The maximum Gasteiger partial charge on any atom is 0.176 e. The zero-order chi connectivity index (χ0) is 46.0. The van der Waals surface area contributed by atoms with Crippen molar-refractivity contribution in [2.75, 3.05) is 59.0 Å². The van der Waals surface area contributed by atoms with Gasteiger partial charge in [-0.15, -0.1) is 0 Å². The summed E-state index contributed by atoms with van der Waals surface area (Å²) >= 11 is 0. The summed E-state index contributed by atoms with van der Waals surface area (Å²) in [5, 5.41) is 85.6. The number of likely N-dealkylation sites (N-methyl/N-ethyl adjacent to an activating group) is 2. The molecule has 4 rings (SSSR count). The number of rotatable bonds is 23. The number of hydrogen-bond acceptors (Lipinski definition) is 24. The largest absolute Gasteiger partial charge is 0.389 e. The molecule has 2 aliphatic carbocycles. The third-order valence-electron chi connectivity index (χ3n) is 12.8. The van der Waals surface area contributed by atoms with Crippen molar-refractivity contribution in [2.45, 2.75) is 180 Å². The van der Waals surface area contributed by atoms with E-state index in [0.717, 1.165) is 19.3 Å². The monoisotopic (exact) mass is 901 g/mol. The van der Waals surface area contributed by atoms with Crippen molar-refractivity contribution >= 4 is 0 Å².